The minimum Gasteiger partial charge on any atom is -0.508 e. The standard InChI is InChI=1S/C16H15BrN2O5/c1-23-12-4-5-15(13(17)7-12)24-9-16(22)19-18-8-10-2-3-11(20)6-14(10)21/h2-8,20-21H,9H2,1H3,(H,19,22)/b18-8-. The van der Waals surface area contributed by atoms with Crippen molar-refractivity contribution < 1.29 is 24.5 Å². The summed E-state index contributed by atoms with van der Waals surface area (Å²) in [6.07, 6.45) is 1.26. The number of hydrogen-bond acceptors (Lipinski definition) is 6. The van der Waals surface area contributed by atoms with E-state index in [9.17, 15) is 15.0 Å². The van der Waals surface area contributed by atoms with Gasteiger partial charge in [0.25, 0.3) is 5.91 Å². The first-order chi connectivity index (χ1) is 11.5. The van der Waals surface area contributed by atoms with Gasteiger partial charge in [0.05, 0.1) is 17.8 Å². The lowest BCUT2D eigenvalue weighted by atomic mass is 10.2. The number of phenols is 2. The molecule has 0 aliphatic rings. The van der Waals surface area contributed by atoms with E-state index >= 15 is 0 Å². The lowest BCUT2D eigenvalue weighted by Crippen LogP contribution is -2.24. The van der Waals surface area contributed by atoms with Crippen LogP contribution >= 0.6 is 15.9 Å². The smallest absolute Gasteiger partial charge is 0.277 e. The lowest BCUT2D eigenvalue weighted by Gasteiger charge is -2.08. The number of nitrogens with zero attached hydrogens (tertiary/aromatic N) is 1. The van der Waals surface area contributed by atoms with E-state index in [2.05, 4.69) is 26.5 Å². The van der Waals surface area contributed by atoms with Crippen molar-refractivity contribution in [2.75, 3.05) is 13.7 Å². The number of nitrogens with one attached hydrogen (secondary N) is 1. The second-order valence-electron chi connectivity index (χ2n) is 4.62. The molecule has 0 aliphatic heterocycles. The molecule has 3 N–H and O–H groups in total. The number of rotatable bonds is 6. The molecular weight excluding hydrogens is 380 g/mol. The van der Waals surface area contributed by atoms with Crippen molar-refractivity contribution in [2.24, 2.45) is 5.10 Å². The van der Waals surface area contributed by atoms with Gasteiger partial charge in [-0.3, -0.25) is 4.79 Å². The quantitative estimate of drug-likeness (QED) is 0.515. The molecule has 0 unspecified atom stereocenters. The summed E-state index contributed by atoms with van der Waals surface area (Å²) < 4.78 is 11.1. The zero-order valence-electron chi connectivity index (χ0n) is 12.7. The predicted molar refractivity (Wildman–Crippen MR) is 91.7 cm³/mol. The van der Waals surface area contributed by atoms with Crippen molar-refractivity contribution in [1.82, 2.24) is 5.43 Å². The summed E-state index contributed by atoms with van der Waals surface area (Å²) in [6.45, 7) is -0.232. The fourth-order valence-electron chi connectivity index (χ4n) is 1.72. The molecule has 0 aliphatic carbocycles. The molecule has 0 saturated heterocycles. The van der Waals surface area contributed by atoms with Crippen molar-refractivity contribution in [2.45, 2.75) is 0 Å². The van der Waals surface area contributed by atoms with Crippen molar-refractivity contribution >= 4 is 28.1 Å². The number of halogens is 1. The van der Waals surface area contributed by atoms with E-state index in [0.29, 0.717) is 21.5 Å². The summed E-state index contributed by atoms with van der Waals surface area (Å²) in [5, 5.41) is 22.5. The van der Waals surface area contributed by atoms with Gasteiger partial charge in [0.1, 0.15) is 23.0 Å². The van der Waals surface area contributed by atoms with Crippen LogP contribution in [0.4, 0.5) is 0 Å². The number of hydrogen-bond donors (Lipinski definition) is 3. The lowest BCUT2D eigenvalue weighted by molar-refractivity contribution is -0.123. The SMILES string of the molecule is COc1ccc(OCC(=O)N/N=C\c2ccc(O)cc2O)c(Br)c1. The Labute approximate surface area is 146 Å². The maximum absolute atomic E-state index is 11.7. The first-order valence-electron chi connectivity index (χ1n) is 6.80. The van der Waals surface area contributed by atoms with Crippen LogP contribution in [0.1, 0.15) is 5.56 Å². The Hall–Kier alpha value is -2.74. The number of phenolic OH excluding ortho intramolecular Hbond substituents is 2. The molecule has 0 heterocycles. The van der Waals surface area contributed by atoms with Gasteiger partial charge in [-0.2, -0.15) is 5.10 Å². The van der Waals surface area contributed by atoms with Gasteiger partial charge in [-0.1, -0.05) is 0 Å². The van der Waals surface area contributed by atoms with Crippen LogP contribution in [0.15, 0.2) is 46.0 Å². The third kappa shape index (κ3) is 4.88. The van der Waals surface area contributed by atoms with Crippen molar-refractivity contribution in [3.63, 3.8) is 0 Å². The molecule has 0 saturated carbocycles. The number of amides is 1. The molecular formula is C16H15BrN2O5. The van der Waals surface area contributed by atoms with E-state index in [4.69, 9.17) is 9.47 Å². The van der Waals surface area contributed by atoms with Crippen LogP contribution in [0, 0.1) is 0 Å². The Morgan fingerprint density at radius 2 is 2.08 bits per heavy atom. The summed E-state index contributed by atoms with van der Waals surface area (Å²) in [6, 6.07) is 9.14. The van der Waals surface area contributed by atoms with Crippen LogP contribution in [0.5, 0.6) is 23.0 Å². The molecule has 0 atom stereocenters. The number of carbonyl (C=O) groups excluding carboxylic acids is 1. The third-order valence-electron chi connectivity index (χ3n) is 2.90. The topological polar surface area (TPSA) is 100 Å². The molecule has 126 valence electrons. The third-order valence-corrected chi connectivity index (χ3v) is 3.52. The average molecular weight is 395 g/mol. The average Bonchev–Trinajstić information content (AvgIpc) is 2.55. The Morgan fingerprint density at radius 1 is 1.29 bits per heavy atom. The molecule has 0 aromatic heterocycles. The second kappa shape index (κ2) is 8.21. The number of hydrazone groups is 1. The highest BCUT2D eigenvalue weighted by Gasteiger charge is 2.06. The minimum absolute atomic E-state index is 0.0628. The zero-order valence-corrected chi connectivity index (χ0v) is 14.3. The van der Waals surface area contributed by atoms with Crippen LogP contribution < -0.4 is 14.9 Å². The summed E-state index contributed by atoms with van der Waals surface area (Å²) in [4.78, 5) is 11.7. The van der Waals surface area contributed by atoms with Crippen molar-refractivity contribution in [3.8, 4) is 23.0 Å². The largest absolute Gasteiger partial charge is 0.508 e. The van der Waals surface area contributed by atoms with Crippen LogP contribution in [0.2, 0.25) is 0 Å². The molecule has 8 heteroatoms. The highest BCUT2D eigenvalue weighted by molar-refractivity contribution is 9.10. The molecule has 0 spiro atoms. The van der Waals surface area contributed by atoms with Crippen LogP contribution in [0.3, 0.4) is 0 Å². The zero-order chi connectivity index (χ0) is 17.5. The van der Waals surface area contributed by atoms with E-state index in [0.717, 1.165) is 0 Å². The number of ether oxygens (including phenoxy) is 2. The second-order valence-corrected chi connectivity index (χ2v) is 5.48. The number of carbonyl (C=O) groups is 1. The van der Waals surface area contributed by atoms with Gasteiger partial charge >= 0.3 is 0 Å². The van der Waals surface area contributed by atoms with Gasteiger partial charge in [0, 0.05) is 11.6 Å². The normalized spacial score (nSPS) is 10.6. The maximum Gasteiger partial charge on any atom is 0.277 e. The van der Waals surface area contributed by atoms with Crippen LogP contribution in [-0.4, -0.2) is 36.1 Å². The van der Waals surface area contributed by atoms with Gasteiger partial charge in [-0.15, -0.1) is 0 Å². The molecule has 7 nitrogen and oxygen atoms in total. The molecule has 0 radical (unpaired) electrons. The molecule has 0 fully saturated rings. The fourth-order valence-corrected chi connectivity index (χ4v) is 2.19. The van der Waals surface area contributed by atoms with Gasteiger partial charge in [-0.25, -0.2) is 5.43 Å². The highest BCUT2D eigenvalue weighted by atomic mass is 79.9. The molecule has 1 amide bonds. The van der Waals surface area contributed by atoms with Gasteiger partial charge in [0.15, 0.2) is 6.61 Å². The molecule has 2 rings (SSSR count). The number of aromatic hydroxyl groups is 2. The molecule has 0 bridgehead atoms. The molecule has 2 aromatic carbocycles. The summed E-state index contributed by atoms with van der Waals surface area (Å²) in [5.74, 6) is 0.480. The van der Waals surface area contributed by atoms with E-state index < -0.39 is 5.91 Å². The van der Waals surface area contributed by atoms with Gasteiger partial charge in [0.2, 0.25) is 0 Å². The summed E-state index contributed by atoms with van der Waals surface area (Å²) in [7, 11) is 1.56. The van der Waals surface area contributed by atoms with Crippen LogP contribution in [-0.2, 0) is 4.79 Å². The van der Waals surface area contributed by atoms with Crippen molar-refractivity contribution in [1.29, 1.82) is 0 Å². The monoisotopic (exact) mass is 394 g/mol. The van der Waals surface area contributed by atoms with E-state index in [1.807, 2.05) is 0 Å². The Morgan fingerprint density at radius 3 is 2.75 bits per heavy atom. The number of methoxy groups -OCH3 is 1. The first-order valence-corrected chi connectivity index (χ1v) is 7.59. The van der Waals surface area contributed by atoms with E-state index in [-0.39, 0.29) is 18.1 Å². The molecule has 24 heavy (non-hydrogen) atoms. The highest BCUT2D eigenvalue weighted by Crippen LogP contribution is 2.29. The van der Waals surface area contributed by atoms with Gasteiger partial charge in [-0.05, 0) is 46.3 Å². The predicted octanol–water partition coefficient (Wildman–Crippen LogP) is 2.40. The fraction of sp³-hybridized carbons (Fsp3) is 0.125. The Balaban J connectivity index is 1.86. The van der Waals surface area contributed by atoms with Crippen molar-refractivity contribution in [3.05, 3.63) is 46.4 Å². The Kier molecular flexibility index (Phi) is 6.02. The summed E-state index contributed by atoms with van der Waals surface area (Å²) >= 11 is 3.32. The summed E-state index contributed by atoms with van der Waals surface area (Å²) in [5.41, 5.74) is 2.63. The van der Waals surface area contributed by atoms with E-state index in [1.165, 1.54) is 24.4 Å². The number of benzene rings is 2. The molecule has 2 aromatic rings. The van der Waals surface area contributed by atoms with Crippen LogP contribution in [0.25, 0.3) is 0 Å². The maximum atomic E-state index is 11.7. The minimum atomic E-state index is -0.466. The first kappa shape index (κ1) is 17.6. The Bertz CT molecular complexity index is 764. The van der Waals surface area contributed by atoms with Gasteiger partial charge < -0.3 is 19.7 Å². The van der Waals surface area contributed by atoms with E-state index in [1.54, 1.807) is 25.3 Å².